The SMILES string of the molecule is c1cc(-c2n[nH]c3ccc(OC4COC4)cc23)cc(N2CCOCC2)n1. The third kappa shape index (κ3) is 2.89. The molecule has 0 radical (unpaired) electrons. The highest BCUT2D eigenvalue weighted by molar-refractivity contribution is 5.94. The van der Waals surface area contributed by atoms with Crippen LogP contribution in [-0.2, 0) is 9.47 Å². The highest BCUT2D eigenvalue weighted by Crippen LogP contribution is 2.31. The minimum Gasteiger partial charge on any atom is -0.486 e. The van der Waals surface area contributed by atoms with Crippen LogP contribution >= 0.6 is 0 Å². The predicted octanol–water partition coefficient (Wildman–Crippen LogP) is 2.24. The quantitative estimate of drug-likeness (QED) is 0.776. The number of fused-ring (bicyclic) bond motifs is 1. The van der Waals surface area contributed by atoms with E-state index in [1.807, 2.05) is 30.5 Å². The Hall–Kier alpha value is -2.64. The van der Waals surface area contributed by atoms with Crippen LogP contribution in [0.3, 0.4) is 0 Å². The van der Waals surface area contributed by atoms with Crippen molar-refractivity contribution in [2.24, 2.45) is 0 Å². The van der Waals surface area contributed by atoms with Crippen LogP contribution in [0.2, 0.25) is 0 Å². The standard InChI is InChI=1S/C19H20N4O3/c1-2-17-16(10-14(1)26-15-11-25-12-15)19(22-21-17)13-3-4-20-18(9-13)23-5-7-24-8-6-23/h1-4,9-10,15H,5-8,11-12H2,(H,21,22). The average molecular weight is 352 g/mol. The molecule has 2 fully saturated rings. The van der Waals surface area contributed by atoms with E-state index < -0.39 is 0 Å². The van der Waals surface area contributed by atoms with Gasteiger partial charge in [-0.15, -0.1) is 0 Å². The van der Waals surface area contributed by atoms with Crippen molar-refractivity contribution in [2.45, 2.75) is 6.10 Å². The van der Waals surface area contributed by atoms with E-state index in [0.717, 1.165) is 60.0 Å². The van der Waals surface area contributed by atoms with E-state index in [0.29, 0.717) is 13.2 Å². The maximum Gasteiger partial charge on any atom is 0.145 e. The minimum atomic E-state index is 0.150. The molecule has 0 aliphatic carbocycles. The van der Waals surface area contributed by atoms with Gasteiger partial charge >= 0.3 is 0 Å². The lowest BCUT2D eigenvalue weighted by atomic mass is 10.1. The summed E-state index contributed by atoms with van der Waals surface area (Å²) in [4.78, 5) is 6.77. The third-order valence-corrected chi connectivity index (χ3v) is 4.80. The Morgan fingerprint density at radius 3 is 2.77 bits per heavy atom. The Labute approximate surface area is 150 Å². The molecule has 2 aromatic heterocycles. The maximum atomic E-state index is 5.94. The summed E-state index contributed by atoms with van der Waals surface area (Å²) in [6.45, 7) is 4.51. The van der Waals surface area contributed by atoms with Crippen LogP contribution in [0.15, 0.2) is 36.5 Å². The Bertz CT molecular complexity index is 916. The van der Waals surface area contributed by atoms with Gasteiger partial charge in [0.1, 0.15) is 23.4 Å². The fraction of sp³-hybridized carbons (Fsp3) is 0.368. The van der Waals surface area contributed by atoms with Crippen molar-refractivity contribution in [1.29, 1.82) is 0 Å². The number of H-pyrrole nitrogens is 1. The number of ether oxygens (including phenoxy) is 3. The second kappa shape index (κ2) is 6.59. The summed E-state index contributed by atoms with van der Waals surface area (Å²) in [6.07, 6.45) is 1.99. The second-order valence-electron chi connectivity index (χ2n) is 6.56. The number of hydrogen-bond donors (Lipinski definition) is 1. The first kappa shape index (κ1) is 15.6. The van der Waals surface area contributed by atoms with Gasteiger partial charge in [0.25, 0.3) is 0 Å². The molecule has 4 heterocycles. The molecular weight excluding hydrogens is 332 g/mol. The summed E-state index contributed by atoms with van der Waals surface area (Å²) in [5.74, 6) is 1.80. The largest absolute Gasteiger partial charge is 0.486 e. The number of hydrogen-bond acceptors (Lipinski definition) is 6. The zero-order valence-corrected chi connectivity index (χ0v) is 14.4. The number of nitrogens with one attached hydrogen (secondary N) is 1. The van der Waals surface area contributed by atoms with E-state index in [9.17, 15) is 0 Å². The summed E-state index contributed by atoms with van der Waals surface area (Å²) < 4.78 is 16.5. The van der Waals surface area contributed by atoms with Gasteiger partial charge in [0.05, 0.1) is 31.9 Å². The van der Waals surface area contributed by atoms with Crippen molar-refractivity contribution >= 4 is 16.7 Å². The van der Waals surface area contributed by atoms with Crippen molar-refractivity contribution in [3.8, 4) is 17.0 Å². The normalized spacial score (nSPS) is 18.1. The van der Waals surface area contributed by atoms with Gasteiger partial charge < -0.3 is 19.1 Å². The van der Waals surface area contributed by atoms with Crippen LogP contribution in [0.4, 0.5) is 5.82 Å². The minimum absolute atomic E-state index is 0.150. The van der Waals surface area contributed by atoms with Crippen LogP contribution in [0.5, 0.6) is 5.75 Å². The third-order valence-electron chi connectivity index (χ3n) is 4.80. The number of anilines is 1. The molecule has 134 valence electrons. The van der Waals surface area contributed by atoms with Gasteiger partial charge in [-0.2, -0.15) is 5.10 Å². The molecule has 0 atom stereocenters. The number of pyridine rings is 1. The fourth-order valence-corrected chi connectivity index (χ4v) is 3.29. The molecule has 2 saturated heterocycles. The molecule has 0 bridgehead atoms. The second-order valence-corrected chi connectivity index (χ2v) is 6.56. The summed E-state index contributed by atoms with van der Waals surface area (Å²) in [7, 11) is 0. The van der Waals surface area contributed by atoms with Crippen molar-refractivity contribution in [1.82, 2.24) is 15.2 Å². The molecule has 1 N–H and O–H groups in total. The van der Waals surface area contributed by atoms with E-state index >= 15 is 0 Å². The summed E-state index contributed by atoms with van der Waals surface area (Å²) in [5.41, 5.74) is 2.94. The molecule has 2 aliphatic heterocycles. The first-order valence-corrected chi connectivity index (χ1v) is 8.88. The van der Waals surface area contributed by atoms with Gasteiger partial charge in [-0.05, 0) is 30.3 Å². The van der Waals surface area contributed by atoms with E-state index in [-0.39, 0.29) is 6.10 Å². The molecular formula is C19H20N4O3. The molecule has 0 unspecified atom stereocenters. The smallest absolute Gasteiger partial charge is 0.145 e. The van der Waals surface area contributed by atoms with E-state index in [4.69, 9.17) is 14.2 Å². The van der Waals surface area contributed by atoms with Crippen LogP contribution in [0, 0.1) is 0 Å². The van der Waals surface area contributed by atoms with Gasteiger partial charge in [0, 0.05) is 30.2 Å². The topological polar surface area (TPSA) is 72.5 Å². The van der Waals surface area contributed by atoms with Gasteiger partial charge in [-0.25, -0.2) is 4.98 Å². The van der Waals surface area contributed by atoms with Crippen LogP contribution < -0.4 is 9.64 Å². The van der Waals surface area contributed by atoms with Crippen molar-refractivity contribution in [3.05, 3.63) is 36.5 Å². The number of benzene rings is 1. The summed E-state index contributed by atoms with van der Waals surface area (Å²) in [6, 6.07) is 10.1. The Morgan fingerprint density at radius 1 is 1.08 bits per heavy atom. The van der Waals surface area contributed by atoms with Crippen molar-refractivity contribution in [2.75, 3.05) is 44.4 Å². The lowest BCUT2D eigenvalue weighted by Crippen LogP contribution is -2.38. The molecule has 7 heteroatoms. The molecule has 5 rings (SSSR count). The Kier molecular flexibility index (Phi) is 3.95. The first-order chi connectivity index (χ1) is 12.9. The van der Waals surface area contributed by atoms with Crippen LogP contribution in [-0.4, -0.2) is 60.8 Å². The molecule has 0 spiro atoms. The molecule has 1 aromatic carbocycles. The molecule has 2 aliphatic rings. The molecule has 0 saturated carbocycles. The number of morpholine rings is 1. The lowest BCUT2D eigenvalue weighted by Gasteiger charge is -2.28. The Morgan fingerprint density at radius 2 is 1.96 bits per heavy atom. The van der Waals surface area contributed by atoms with E-state index in [1.54, 1.807) is 0 Å². The number of rotatable bonds is 4. The highest BCUT2D eigenvalue weighted by atomic mass is 16.6. The van der Waals surface area contributed by atoms with Crippen LogP contribution in [0.25, 0.3) is 22.2 Å². The zero-order chi connectivity index (χ0) is 17.3. The lowest BCUT2D eigenvalue weighted by molar-refractivity contribution is -0.0796. The zero-order valence-electron chi connectivity index (χ0n) is 14.4. The van der Waals surface area contributed by atoms with Gasteiger partial charge in [-0.1, -0.05) is 0 Å². The Balaban J connectivity index is 1.48. The van der Waals surface area contributed by atoms with Gasteiger partial charge in [0.15, 0.2) is 0 Å². The van der Waals surface area contributed by atoms with Gasteiger partial charge in [0.2, 0.25) is 0 Å². The summed E-state index contributed by atoms with van der Waals surface area (Å²) in [5, 5.41) is 8.68. The average Bonchev–Trinajstić information content (AvgIpc) is 3.09. The number of nitrogens with zero attached hydrogens (tertiary/aromatic N) is 3. The molecule has 7 nitrogen and oxygen atoms in total. The fourth-order valence-electron chi connectivity index (χ4n) is 3.29. The number of aromatic nitrogens is 3. The molecule has 26 heavy (non-hydrogen) atoms. The maximum absolute atomic E-state index is 5.94. The van der Waals surface area contributed by atoms with E-state index in [1.165, 1.54) is 0 Å². The predicted molar refractivity (Wildman–Crippen MR) is 97.6 cm³/mol. The van der Waals surface area contributed by atoms with E-state index in [2.05, 4.69) is 26.1 Å². The first-order valence-electron chi connectivity index (χ1n) is 8.88. The molecule has 3 aromatic rings. The summed E-state index contributed by atoms with van der Waals surface area (Å²) >= 11 is 0. The highest BCUT2D eigenvalue weighted by Gasteiger charge is 2.21. The monoisotopic (exact) mass is 352 g/mol. The van der Waals surface area contributed by atoms with Crippen molar-refractivity contribution < 1.29 is 14.2 Å². The van der Waals surface area contributed by atoms with Crippen molar-refractivity contribution in [3.63, 3.8) is 0 Å². The van der Waals surface area contributed by atoms with Crippen LogP contribution in [0.1, 0.15) is 0 Å². The van der Waals surface area contributed by atoms with Gasteiger partial charge in [-0.3, -0.25) is 5.10 Å². The molecule has 0 amide bonds. The number of aromatic amines is 1.